The highest BCUT2D eigenvalue weighted by Crippen LogP contribution is 2.24. The Labute approximate surface area is 125 Å². The molecule has 22 heavy (non-hydrogen) atoms. The van der Waals surface area contributed by atoms with E-state index < -0.39 is 24.2 Å². The Morgan fingerprint density at radius 1 is 1.00 bits per heavy atom. The van der Waals surface area contributed by atoms with Gasteiger partial charge in [-0.2, -0.15) is 0 Å². The molecule has 0 radical (unpaired) electrons. The average Bonchev–Trinajstić information content (AvgIpc) is 2.49. The summed E-state index contributed by atoms with van der Waals surface area (Å²) in [6.45, 7) is 0. The van der Waals surface area contributed by atoms with Crippen molar-refractivity contribution in [2.45, 2.75) is 12.8 Å². The van der Waals surface area contributed by atoms with E-state index in [9.17, 15) is 24.6 Å². The molecule has 7 heteroatoms. The summed E-state index contributed by atoms with van der Waals surface area (Å²) < 4.78 is 0. The normalized spacial score (nSPS) is 10.2. The van der Waals surface area contributed by atoms with Gasteiger partial charge < -0.3 is 15.0 Å². The minimum Gasteiger partial charge on any atom is -0.550 e. The smallest absolute Gasteiger partial charge is 0.273 e. The molecule has 0 aliphatic rings. The molecule has 0 fully saturated rings. The van der Waals surface area contributed by atoms with Gasteiger partial charge >= 0.3 is 0 Å². The van der Waals surface area contributed by atoms with Gasteiger partial charge in [-0.15, -0.1) is 0 Å². The number of hydrogen-bond acceptors (Lipinski definition) is 5. The number of phenols is 1. The van der Waals surface area contributed by atoms with Gasteiger partial charge in [0.2, 0.25) is 5.91 Å². The lowest BCUT2D eigenvalue weighted by molar-refractivity contribution is -0.305. The molecule has 0 bridgehead atoms. The zero-order valence-corrected chi connectivity index (χ0v) is 11.5. The van der Waals surface area contributed by atoms with Crippen molar-refractivity contribution >= 4 is 28.6 Å². The second kappa shape index (κ2) is 6.57. The van der Waals surface area contributed by atoms with Crippen LogP contribution in [0.3, 0.4) is 0 Å². The summed E-state index contributed by atoms with van der Waals surface area (Å²) in [5.74, 6) is -2.95. The first-order valence-corrected chi connectivity index (χ1v) is 6.48. The molecule has 0 aliphatic heterocycles. The molecule has 0 heterocycles. The number of carbonyl (C=O) groups is 3. The van der Waals surface area contributed by atoms with Crippen molar-refractivity contribution in [3.8, 4) is 5.75 Å². The van der Waals surface area contributed by atoms with Crippen LogP contribution in [0.4, 0.5) is 0 Å². The number of amides is 2. The maximum absolute atomic E-state index is 11.9. The maximum Gasteiger partial charge on any atom is 0.273 e. The SMILES string of the molecule is O=C([O-])CCC(=O)NNC(=O)c1cc2ccccc2cc1O. The maximum atomic E-state index is 11.9. The highest BCUT2D eigenvalue weighted by atomic mass is 16.4. The molecule has 0 saturated heterocycles. The Morgan fingerprint density at radius 3 is 2.27 bits per heavy atom. The lowest BCUT2D eigenvalue weighted by atomic mass is 10.1. The zero-order chi connectivity index (χ0) is 16.1. The van der Waals surface area contributed by atoms with E-state index in [2.05, 4.69) is 10.9 Å². The average molecular weight is 301 g/mol. The molecule has 2 rings (SSSR count). The van der Waals surface area contributed by atoms with Crippen molar-refractivity contribution in [3.63, 3.8) is 0 Å². The van der Waals surface area contributed by atoms with Crippen LogP contribution < -0.4 is 16.0 Å². The molecule has 0 spiro atoms. The van der Waals surface area contributed by atoms with Crippen LogP contribution in [0, 0.1) is 0 Å². The van der Waals surface area contributed by atoms with Crippen LogP contribution in [-0.2, 0) is 9.59 Å². The van der Waals surface area contributed by atoms with Crippen molar-refractivity contribution in [1.82, 2.24) is 10.9 Å². The van der Waals surface area contributed by atoms with Crippen molar-refractivity contribution in [1.29, 1.82) is 0 Å². The Bertz CT molecular complexity index is 742. The first-order valence-electron chi connectivity index (χ1n) is 6.48. The van der Waals surface area contributed by atoms with E-state index in [-0.39, 0.29) is 17.7 Å². The number of aromatic hydroxyl groups is 1. The number of hydrogen-bond donors (Lipinski definition) is 3. The molecule has 114 valence electrons. The third kappa shape index (κ3) is 3.72. The molecular weight excluding hydrogens is 288 g/mol. The fourth-order valence-electron chi connectivity index (χ4n) is 1.88. The van der Waals surface area contributed by atoms with Gasteiger partial charge in [0.15, 0.2) is 0 Å². The number of phenolic OH excluding ortho intramolecular Hbond substituents is 1. The molecule has 0 aliphatic carbocycles. The number of carboxylic acid groups (broad SMARTS) is 1. The van der Waals surface area contributed by atoms with E-state index in [1.54, 1.807) is 24.3 Å². The van der Waals surface area contributed by atoms with Crippen LogP contribution in [0.25, 0.3) is 10.8 Å². The predicted octanol–water partition coefficient (Wildman–Crippen LogP) is -0.163. The van der Waals surface area contributed by atoms with Gasteiger partial charge in [0.1, 0.15) is 5.75 Å². The molecular formula is C15H13N2O5-. The fraction of sp³-hybridized carbons (Fsp3) is 0.133. The Kier molecular flexibility index (Phi) is 4.57. The molecule has 3 N–H and O–H groups in total. The van der Waals surface area contributed by atoms with E-state index in [0.717, 1.165) is 10.8 Å². The second-order valence-corrected chi connectivity index (χ2v) is 4.59. The van der Waals surface area contributed by atoms with E-state index in [0.29, 0.717) is 0 Å². The number of carboxylic acids is 1. The Hall–Kier alpha value is -3.09. The molecule has 0 saturated carbocycles. The quantitative estimate of drug-likeness (QED) is 0.678. The number of aliphatic carboxylic acids is 1. The third-order valence-electron chi connectivity index (χ3n) is 2.98. The highest BCUT2D eigenvalue weighted by molar-refractivity contribution is 6.02. The molecule has 0 aromatic heterocycles. The molecule has 0 atom stereocenters. The highest BCUT2D eigenvalue weighted by Gasteiger charge is 2.13. The van der Waals surface area contributed by atoms with Crippen LogP contribution in [-0.4, -0.2) is 22.9 Å². The summed E-state index contributed by atoms with van der Waals surface area (Å²) in [4.78, 5) is 33.5. The number of nitrogens with one attached hydrogen (secondary N) is 2. The van der Waals surface area contributed by atoms with Gasteiger partial charge in [0.25, 0.3) is 5.91 Å². The first kappa shape index (κ1) is 15.3. The van der Waals surface area contributed by atoms with E-state index in [4.69, 9.17) is 0 Å². The largest absolute Gasteiger partial charge is 0.550 e. The number of rotatable bonds is 4. The minimum absolute atomic E-state index is 0.00102. The van der Waals surface area contributed by atoms with Crippen molar-refractivity contribution in [2.75, 3.05) is 0 Å². The zero-order valence-electron chi connectivity index (χ0n) is 11.5. The van der Waals surface area contributed by atoms with Crippen LogP contribution in [0.2, 0.25) is 0 Å². The monoisotopic (exact) mass is 301 g/mol. The topological polar surface area (TPSA) is 119 Å². The van der Waals surface area contributed by atoms with Crippen molar-refractivity contribution < 1.29 is 24.6 Å². The summed E-state index contributed by atoms with van der Waals surface area (Å²) >= 11 is 0. The Morgan fingerprint density at radius 2 is 1.64 bits per heavy atom. The van der Waals surface area contributed by atoms with E-state index in [1.807, 2.05) is 0 Å². The lowest BCUT2D eigenvalue weighted by Crippen LogP contribution is -2.42. The number of hydrazine groups is 1. The van der Waals surface area contributed by atoms with Gasteiger partial charge in [-0.3, -0.25) is 20.4 Å². The molecule has 2 aromatic rings. The molecule has 7 nitrogen and oxygen atoms in total. The number of benzene rings is 2. The van der Waals surface area contributed by atoms with Gasteiger partial charge in [-0.1, -0.05) is 24.3 Å². The third-order valence-corrected chi connectivity index (χ3v) is 2.98. The minimum atomic E-state index is -1.35. The van der Waals surface area contributed by atoms with Gasteiger partial charge in [0, 0.05) is 12.4 Å². The van der Waals surface area contributed by atoms with Gasteiger partial charge in [-0.05, 0) is 29.3 Å². The lowest BCUT2D eigenvalue weighted by Gasteiger charge is -2.10. The summed E-state index contributed by atoms with van der Waals surface area (Å²) in [6, 6.07) is 10.1. The van der Waals surface area contributed by atoms with Crippen LogP contribution in [0.5, 0.6) is 5.75 Å². The predicted molar refractivity (Wildman–Crippen MR) is 75.5 cm³/mol. The van der Waals surface area contributed by atoms with Crippen LogP contribution in [0.1, 0.15) is 23.2 Å². The van der Waals surface area contributed by atoms with Crippen molar-refractivity contribution in [2.24, 2.45) is 0 Å². The molecule has 2 amide bonds. The number of fused-ring (bicyclic) bond motifs is 1. The van der Waals surface area contributed by atoms with Gasteiger partial charge in [-0.25, -0.2) is 0 Å². The Balaban J connectivity index is 2.05. The van der Waals surface area contributed by atoms with Gasteiger partial charge in [0.05, 0.1) is 5.56 Å². The molecule has 0 unspecified atom stereocenters. The standard InChI is InChI=1S/C15H14N2O5/c18-12-8-10-4-2-1-3-9(10)7-11(12)15(22)17-16-13(19)5-6-14(20)21/h1-4,7-8,18H,5-6H2,(H,16,19)(H,17,22)(H,20,21)/p-1. The first-order chi connectivity index (χ1) is 10.5. The van der Waals surface area contributed by atoms with Crippen molar-refractivity contribution in [3.05, 3.63) is 42.0 Å². The summed E-state index contributed by atoms with van der Waals surface area (Å²) in [5, 5.41) is 21.6. The number of carbonyl (C=O) groups excluding carboxylic acids is 3. The van der Waals surface area contributed by atoms with E-state index in [1.165, 1.54) is 12.1 Å². The van der Waals surface area contributed by atoms with Crippen LogP contribution in [0.15, 0.2) is 36.4 Å². The molecule has 2 aromatic carbocycles. The van der Waals surface area contributed by atoms with Crippen LogP contribution >= 0.6 is 0 Å². The summed E-state index contributed by atoms with van der Waals surface area (Å²) in [5.41, 5.74) is 4.19. The summed E-state index contributed by atoms with van der Waals surface area (Å²) in [7, 11) is 0. The fourth-order valence-corrected chi connectivity index (χ4v) is 1.88. The second-order valence-electron chi connectivity index (χ2n) is 4.59. The summed E-state index contributed by atoms with van der Waals surface area (Å²) in [6.07, 6.45) is -0.755. The van der Waals surface area contributed by atoms with E-state index >= 15 is 0 Å².